The number of carbonyl (C=O) groups is 3. The highest BCUT2D eigenvalue weighted by atomic mass is 16.7. The normalized spacial score (nSPS) is 15.1. The van der Waals surface area contributed by atoms with E-state index in [0.717, 1.165) is 96.3 Å². The van der Waals surface area contributed by atoms with Crippen molar-refractivity contribution in [3.63, 3.8) is 0 Å². The van der Waals surface area contributed by atoms with Crippen LogP contribution in [-0.4, -0.2) is 42.0 Å². The largest absolute Gasteiger partial charge is 0.449 e. The lowest BCUT2D eigenvalue weighted by molar-refractivity contribution is -0.193. The van der Waals surface area contributed by atoms with Gasteiger partial charge >= 0.3 is 17.9 Å². The Kier molecular flexibility index (Phi) is 44.7. The molecule has 2 atom stereocenters. The number of aliphatic hydroxyl groups is 1. The molecule has 8 heteroatoms. The number of unbranched alkanes of at least 4 members (excludes halogenated alkanes) is 33. The summed E-state index contributed by atoms with van der Waals surface area (Å²) in [5.74, 6) is -1.55. The number of allylic oxidation sites excluding steroid dienone is 6. The van der Waals surface area contributed by atoms with Gasteiger partial charge in [-0.1, -0.05) is 211 Å². The average molecular weight is 941 g/mol. The van der Waals surface area contributed by atoms with Crippen LogP contribution in [0.5, 0.6) is 0 Å². The molecule has 8 nitrogen and oxygen atoms in total. The molecule has 0 aromatic heterocycles. The van der Waals surface area contributed by atoms with Crippen LogP contribution >= 0.6 is 0 Å². The second-order valence-electron chi connectivity index (χ2n) is 19.3. The molecule has 0 saturated carbocycles. The number of esters is 3. The SMILES string of the molecule is CCCCCCCC/C=C\CCCCCCCC(=O)OC1=C(CO)O[C@@H](OC(=O)CCCCCCC/C=C\CCCCCCCC)C1OC(=O)CCCCCCC/C=C\CCCCCCCC. The number of ether oxygens (including phenoxy) is 4. The lowest BCUT2D eigenvalue weighted by Gasteiger charge is -2.21. The lowest BCUT2D eigenvalue weighted by Crippen LogP contribution is -2.35. The van der Waals surface area contributed by atoms with Gasteiger partial charge in [-0.2, -0.15) is 0 Å². The highest BCUT2D eigenvalue weighted by molar-refractivity contribution is 5.73. The molecule has 1 heterocycles. The molecule has 1 aliphatic heterocycles. The first-order valence-electron chi connectivity index (χ1n) is 28.5. The maximum absolute atomic E-state index is 13.2. The smallest absolute Gasteiger partial charge is 0.311 e. The second-order valence-corrected chi connectivity index (χ2v) is 19.3. The van der Waals surface area contributed by atoms with Gasteiger partial charge in [0.25, 0.3) is 6.29 Å². The van der Waals surface area contributed by atoms with Gasteiger partial charge in [-0.05, 0) is 96.3 Å². The van der Waals surface area contributed by atoms with Gasteiger partial charge in [0.1, 0.15) is 6.61 Å². The van der Waals surface area contributed by atoms with E-state index in [2.05, 4.69) is 57.2 Å². The van der Waals surface area contributed by atoms with E-state index in [4.69, 9.17) is 18.9 Å². The van der Waals surface area contributed by atoms with E-state index < -0.39 is 36.9 Å². The molecule has 1 unspecified atom stereocenters. The minimum Gasteiger partial charge on any atom is -0.449 e. The van der Waals surface area contributed by atoms with E-state index in [0.29, 0.717) is 19.3 Å². The minimum absolute atomic E-state index is 0.0458. The summed E-state index contributed by atoms with van der Waals surface area (Å²) in [6.45, 7) is 6.18. The molecule has 0 amide bonds. The van der Waals surface area contributed by atoms with Crippen molar-refractivity contribution in [2.45, 2.75) is 303 Å². The number of carbonyl (C=O) groups excluding carboxylic acids is 3. The summed E-state index contributed by atoms with van der Waals surface area (Å²) >= 11 is 0. The van der Waals surface area contributed by atoms with Crippen LogP contribution in [0.15, 0.2) is 48.0 Å². The van der Waals surface area contributed by atoms with Gasteiger partial charge in [-0.3, -0.25) is 14.4 Å². The number of hydrogen-bond acceptors (Lipinski definition) is 8. The zero-order chi connectivity index (χ0) is 48.5. The highest BCUT2D eigenvalue weighted by Crippen LogP contribution is 2.32. The van der Waals surface area contributed by atoms with Crippen LogP contribution in [0.2, 0.25) is 0 Å². The summed E-state index contributed by atoms with van der Waals surface area (Å²) in [4.78, 5) is 39.3. The molecule has 1 N–H and O–H groups in total. The summed E-state index contributed by atoms with van der Waals surface area (Å²) in [5, 5.41) is 10.2. The van der Waals surface area contributed by atoms with Gasteiger partial charge in [-0.15, -0.1) is 0 Å². The van der Waals surface area contributed by atoms with E-state index in [-0.39, 0.29) is 30.8 Å². The Hall–Kier alpha value is -2.87. The molecule has 388 valence electrons. The number of rotatable bonds is 49. The van der Waals surface area contributed by atoms with Crippen LogP contribution in [0.3, 0.4) is 0 Å². The summed E-state index contributed by atoms with van der Waals surface area (Å²) < 4.78 is 23.1. The van der Waals surface area contributed by atoms with Crippen molar-refractivity contribution in [2.75, 3.05) is 6.61 Å². The van der Waals surface area contributed by atoms with E-state index in [1.165, 1.54) is 135 Å². The predicted octanol–water partition coefficient (Wildman–Crippen LogP) is 17.7. The Bertz CT molecular complexity index is 1280. The molecule has 0 aliphatic carbocycles. The molecular weight excluding hydrogens is 837 g/mol. The lowest BCUT2D eigenvalue weighted by atomic mass is 10.1. The first kappa shape index (κ1) is 62.1. The van der Waals surface area contributed by atoms with Crippen molar-refractivity contribution in [1.82, 2.24) is 0 Å². The fraction of sp³-hybridized carbons (Fsp3) is 0.814. The van der Waals surface area contributed by atoms with Gasteiger partial charge < -0.3 is 24.1 Å². The Morgan fingerprint density at radius 2 is 0.687 bits per heavy atom. The maximum Gasteiger partial charge on any atom is 0.311 e. The summed E-state index contributed by atoms with van der Waals surface area (Å²) in [6, 6.07) is 0. The topological polar surface area (TPSA) is 108 Å². The third kappa shape index (κ3) is 38.6. The molecule has 0 radical (unpaired) electrons. The Labute approximate surface area is 412 Å². The molecule has 0 fully saturated rings. The molecule has 1 rings (SSSR count). The van der Waals surface area contributed by atoms with Gasteiger partial charge in [-0.25, -0.2) is 0 Å². The molecule has 67 heavy (non-hydrogen) atoms. The molecule has 1 aliphatic rings. The number of aliphatic hydroxyl groups excluding tert-OH is 1. The number of hydrogen-bond donors (Lipinski definition) is 1. The Balaban J connectivity index is 2.53. The van der Waals surface area contributed by atoms with Crippen molar-refractivity contribution >= 4 is 17.9 Å². The minimum atomic E-state index is -1.32. The third-order valence-corrected chi connectivity index (χ3v) is 12.8. The summed E-state index contributed by atoms with van der Waals surface area (Å²) in [5.41, 5.74) is 0. The van der Waals surface area contributed by atoms with Gasteiger partial charge in [0, 0.05) is 19.3 Å². The van der Waals surface area contributed by atoms with Crippen molar-refractivity contribution in [2.24, 2.45) is 0 Å². The van der Waals surface area contributed by atoms with Crippen LogP contribution in [-0.2, 0) is 33.3 Å². The van der Waals surface area contributed by atoms with Crippen LogP contribution < -0.4 is 0 Å². The summed E-state index contributed by atoms with van der Waals surface area (Å²) in [7, 11) is 0. The van der Waals surface area contributed by atoms with E-state index in [1.807, 2.05) is 0 Å². The van der Waals surface area contributed by atoms with Crippen LogP contribution in [0.4, 0.5) is 0 Å². The Morgan fingerprint density at radius 3 is 1.01 bits per heavy atom. The zero-order valence-corrected chi connectivity index (χ0v) is 43.8. The van der Waals surface area contributed by atoms with E-state index in [9.17, 15) is 19.5 Å². The second kappa shape index (κ2) is 48.2. The van der Waals surface area contributed by atoms with Crippen molar-refractivity contribution < 1.29 is 38.4 Å². The van der Waals surface area contributed by atoms with Gasteiger partial charge in [0.15, 0.2) is 11.5 Å². The van der Waals surface area contributed by atoms with E-state index >= 15 is 0 Å². The first-order chi connectivity index (χ1) is 33.0. The molecule has 0 saturated heterocycles. The van der Waals surface area contributed by atoms with E-state index in [1.54, 1.807) is 0 Å². The molecule has 0 aromatic rings. The average Bonchev–Trinajstić information content (AvgIpc) is 3.63. The Morgan fingerprint density at radius 1 is 0.403 bits per heavy atom. The van der Waals surface area contributed by atoms with Gasteiger partial charge in [0.05, 0.1) is 0 Å². The first-order valence-corrected chi connectivity index (χ1v) is 28.5. The van der Waals surface area contributed by atoms with Crippen LogP contribution in [0, 0.1) is 0 Å². The third-order valence-electron chi connectivity index (χ3n) is 12.8. The molecule has 0 aromatic carbocycles. The maximum atomic E-state index is 13.2. The van der Waals surface area contributed by atoms with Gasteiger partial charge in [0.2, 0.25) is 6.10 Å². The highest BCUT2D eigenvalue weighted by Gasteiger charge is 2.44. The van der Waals surface area contributed by atoms with Crippen LogP contribution in [0.25, 0.3) is 0 Å². The van der Waals surface area contributed by atoms with Crippen molar-refractivity contribution in [3.05, 3.63) is 48.0 Å². The van der Waals surface area contributed by atoms with Crippen LogP contribution in [0.1, 0.15) is 290 Å². The predicted molar refractivity (Wildman–Crippen MR) is 279 cm³/mol. The van der Waals surface area contributed by atoms with Crippen molar-refractivity contribution in [1.29, 1.82) is 0 Å². The van der Waals surface area contributed by atoms with Crippen molar-refractivity contribution in [3.8, 4) is 0 Å². The summed E-state index contributed by atoms with van der Waals surface area (Å²) in [6.07, 6.45) is 57.2. The molecule has 0 bridgehead atoms. The fourth-order valence-electron chi connectivity index (χ4n) is 8.55. The zero-order valence-electron chi connectivity index (χ0n) is 43.8. The molecule has 0 spiro atoms. The quantitative estimate of drug-likeness (QED) is 0.0278. The monoisotopic (exact) mass is 941 g/mol. The molecular formula is C59H104O8. The fourth-order valence-corrected chi connectivity index (χ4v) is 8.55. The standard InChI is InChI=1S/C59H104O8/c1-4-7-10-13-16-19-22-25-28-31-34-37-40-43-46-49-54(61)65-57-53(52-60)64-59(67-56(63)51-48-45-42-39-36-33-30-27-24-21-18-15-12-9-6-3)58(57)66-55(62)50-47-44-41-38-35-32-29-26-23-20-17-14-11-8-5-2/h25-30,58-60H,4-24,31-52H2,1-3H3/b28-25-,29-26-,30-27-/t58?,59-/m0/s1.